The zero-order valence-corrected chi connectivity index (χ0v) is 17.1. The molecular formula is C23H14ClFN2O5. The number of carbonyl (C=O) groups is 4. The van der Waals surface area contributed by atoms with Gasteiger partial charge in [0.15, 0.2) is 6.61 Å². The Kier molecular flexibility index (Phi) is 5.70. The lowest BCUT2D eigenvalue weighted by Gasteiger charge is -2.15. The van der Waals surface area contributed by atoms with Crippen LogP contribution in [0.4, 0.5) is 15.8 Å². The van der Waals surface area contributed by atoms with Crippen LogP contribution in [0.2, 0.25) is 5.02 Å². The molecule has 160 valence electrons. The van der Waals surface area contributed by atoms with Gasteiger partial charge in [0.25, 0.3) is 17.7 Å². The van der Waals surface area contributed by atoms with Gasteiger partial charge in [-0.05, 0) is 48.5 Å². The van der Waals surface area contributed by atoms with Gasteiger partial charge >= 0.3 is 5.97 Å². The van der Waals surface area contributed by atoms with Gasteiger partial charge in [-0.25, -0.2) is 14.1 Å². The highest BCUT2D eigenvalue weighted by Gasteiger charge is 2.38. The van der Waals surface area contributed by atoms with Crippen molar-refractivity contribution < 1.29 is 28.3 Å². The van der Waals surface area contributed by atoms with E-state index in [1.54, 1.807) is 18.2 Å². The van der Waals surface area contributed by atoms with Crippen LogP contribution in [-0.2, 0) is 9.53 Å². The molecule has 0 unspecified atom stereocenters. The molecule has 1 aliphatic heterocycles. The first-order chi connectivity index (χ1) is 15.3. The van der Waals surface area contributed by atoms with Gasteiger partial charge in [-0.1, -0.05) is 29.8 Å². The van der Waals surface area contributed by atoms with E-state index in [4.69, 9.17) is 16.3 Å². The van der Waals surface area contributed by atoms with E-state index < -0.39 is 36.1 Å². The lowest BCUT2D eigenvalue weighted by Crippen LogP contribution is -2.29. The second-order valence-corrected chi connectivity index (χ2v) is 7.20. The Hall–Kier alpha value is -4.04. The molecule has 3 aromatic rings. The molecule has 32 heavy (non-hydrogen) atoms. The van der Waals surface area contributed by atoms with Gasteiger partial charge in [0.2, 0.25) is 0 Å². The Morgan fingerprint density at radius 3 is 2.44 bits per heavy atom. The lowest BCUT2D eigenvalue weighted by molar-refractivity contribution is -0.119. The number of benzene rings is 3. The molecule has 3 aromatic carbocycles. The molecule has 9 heteroatoms. The van der Waals surface area contributed by atoms with Gasteiger partial charge in [0.05, 0.1) is 27.4 Å². The Morgan fingerprint density at radius 2 is 1.69 bits per heavy atom. The van der Waals surface area contributed by atoms with Crippen LogP contribution in [0.25, 0.3) is 0 Å². The molecule has 0 radical (unpaired) electrons. The van der Waals surface area contributed by atoms with Gasteiger partial charge in [-0.3, -0.25) is 14.4 Å². The number of halogens is 2. The topological polar surface area (TPSA) is 92.8 Å². The van der Waals surface area contributed by atoms with E-state index >= 15 is 0 Å². The summed E-state index contributed by atoms with van der Waals surface area (Å²) in [7, 11) is 0. The number of hydrogen-bond acceptors (Lipinski definition) is 5. The van der Waals surface area contributed by atoms with Crippen molar-refractivity contribution >= 4 is 46.7 Å². The van der Waals surface area contributed by atoms with Crippen LogP contribution in [0.15, 0.2) is 66.7 Å². The number of carbonyl (C=O) groups excluding carboxylic acids is 4. The van der Waals surface area contributed by atoms with E-state index in [1.807, 2.05) is 0 Å². The maximum absolute atomic E-state index is 13.2. The number of ether oxygens (including phenoxy) is 1. The Labute approximate surface area is 186 Å². The largest absolute Gasteiger partial charge is 0.452 e. The second-order valence-electron chi connectivity index (χ2n) is 6.79. The number of nitrogens with one attached hydrogen (secondary N) is 1. The standard InChI is InChI=1S/C23H14ClFN2O5/c24-18-6-1-2-7-19(18)27-21(29)16-9-8-13(10-17(16)22(27)30)23(31)32-12-20(28)26-15-5-3-4-14(25)11-15/h1-11H,12H2,(H,26,28). The van der Waals surface area contributed by atoms with E-state index in [0.29, 0.717) is 0 Å². The van der Waals surface area contributed by atoms with Gasteiger partial charge in [-0.15, -0.1) is 0 Å². The average Bonchev–Trinajstić information content (AvgIpc) is 3.02. The second kappa shape index (κ2) is 8.60. The van der Waals surface area contributed by atoms with Gasteiger partial charge in [0, 0.05) is 5.69 Å². The van der Waals surface area contributed by atoms with Crippen LogP contribution in [0, 0.1) is 5.82 Å². The van der Waals surface area contributed by atoms with Gasteiger partial charge in [-0.2, -0.15) is 0 Å². The quantitative estimate of drug-likeness (QED) is 0.465. The molecule has 0 atom stereocenters. The first kappa shape index (κ1) is 21.2. The van der Waals surface area contributed by atoms with Crippen molar-refractivity contribution in [1.29, 1.82) is 0 Å². The summed E-state index contributed by atoms with van der Waals surface area (Å²) < 4.78 is 18.1. The molecule has 7 nitrogen and oxygen atoms in total. The minimum absolute atomic E-state index is 0.00976. The molecular weight excluding hydrogens is 439 g/mol. The van der Waals surface area contributed by atoms with Crippen LogP contribution in [-0.4, -0.2) is 30.3 Å². The third-order valence-corrected chi connectivity index (χ3v) is 4.98. The summed E-state index contributed by atoms with van der Waals surface area (Å²) >= 11 is 6.12. The monoisotopic (exact) mass is 452 g/mol. The fraction of sp³-hybridized carbons (Fsp3) is 0.0435. The van der Waals surface area contributed by atoms with E-state index in [0.717, 1.165) is 11.0 Å². The van der Waals surface area contributed by atoms with Gasteiger partial charge in [0.1, 0.15) is 5.82 Å². The summed E-state index contributed by atoms with van der Waals surface area (Å²) in [6, 6.07) is 15.6. The summed E-state index contributed by atoms with van der Waals surface area (Å²) in [6.07, 6.45) is 0. The molecule has 0 saturated heterocycles. The highest BCUT2D eigenvalue weighted by molar-refractivity contribution is 6.39. The number of amides is 3. The van der Waals surface area contributed by atoms with Gasteiger partial charge < -0.3 is 10.1 Å². The minimum Gasteiger partial charge on any atom is -0.452 e. The van der Waals surface area contributed by atoms with Crippen molar-refractivity contribution in [1.82, 2.24) is 0 Å². The predicted molar refractivity (Wildman–Crippen MR) is 114 cm³/mol. The first-order valence-corrected chi connectivity index (χ1v) is 9.73. The van der Waals surface area contributed by atoms with E-state index in [9.17, 15) is 23.6 Å². The van der Waals surface area contributed by atoms with Crippen LogP contribution in [0.1, 0.15) is 31.1 Å². The van der Waals surface area contributed by atoms with Crippen molar-refractivity contribution in [3.63, 3.8) is 0 Å². The Balaban J connectivity index is 1.46. The van der Waals surface area contributed by atoms with E-state index in [-0.39, 0.29) is 33.1 Å². The third kappa shape index (κ3) is 4.08. The molecule has 1 heterocycles. The van der Waals surface area contributed by atoms with E-state index in [2.05, 4.69) is 5.32 Å². The fourth-order valence-corrected chi connectivity index (χ4v) is 3.42. The number of esters is 1. The molecule has 0 bridgehead atoms. The molecule has 4 rings (SSSR count). The molecule has 3 amide bonds. The van der Waals surface area contributed by atoms with Crippen molar-refractivity contribution in [2.75, 3.05) is 16.8 Å². The molecule has 1 N–H and O–H groups in total. The summed E-state index contributed by atoms with van der Waals surface area (Å²) in [4.78, 5) is 50.8. The molecule has 0 aromatic heterocycles. The summed E-state index contributed by atoms with van der Waals surface area (Å²) in [5.41, 5.74) is 0.583. The Bertz CT molecular complexity index is 1280. The summed E-state index contributed by atoms with van der Waals surface area (Å²) in [6.45, 7) is -0.620. The number of imide groups is 1. The maximum Gasteiger partial charge on any atom is 0.338 e. The number of nitrogens with zero attached hydrogens (tertiary/aromatic N) is 1. The smallest absolute Gasteiger partial charge is 0.338 e. The number of para-hydroxylation sites is 1. The molecule has 0 fully saturated rings. The van der Waals surface area contributed by atoms with Crippen molar-refractivity contribution in [2.45, 2.75) is 0 Å². The fourth-order valence-electron chi connectivity index (χ4n) is 3.20. The molecule has 0 saturated carbocycles. The Morgan fingerprint density at radius 1 is 0.938 bits per heavy atom. The van der Waals surface area contributed by atoms with Crippen LogP contribution in [0.3, 0.4) is 0 Å². The third-order valence-electron chi connectivity index (χ3n) is 4.66. The number of fused-ring (bicyclic) bond motifs is 1. The maximum atomic E-state index is 13.2. The van der Waals surface area contributed by atoms with Crippen LogP contribution >= 0.6 is 11.6 Å². The average molecular weight is 453 g/mol. The molecule has 1 aliphatic rings. The van der Waals surface area contributed by atoms with Crippen molar-refractivity contribution in [3.8, 4) is 0 Å². The van der Waals surface area contributed by atoms with Crippen LogP contribution in [0.5, 0.6) is 0 Å². The van der Waals surface area contributed by atoms with Crippen molar-refractivity contribution in [3.05, 3.63) is 94.3 Å². The number of rotatable bonds is 5. The number of anilines is 2. The van der Waals surface area contributed by atoms with Crippen molar-refractivity contribution in [2.24, 2.45) is 0 Å². The SMILES string of the molecule is O=C(COC(=O)c1ccc2c(c1)C(=O)N(c1ccccc1Cl)C2=O)Nc1cccc(F)c1. The molecule has 0 spiro atoms. The highest BCUT2D eigenvalue weighted by Crippen LogP contribution is 2.33. The number of hydrogen-bond donors (Lipinski definition) is 1. The predicted octanol–water partition coefficient (Wildman–Crippen LogP) is 4.08. The lowest BCUT2D eigenvalue weighted by atomic mass is 10.1. The summed E-state index contributed by atoms with van der Waals surface area (Å²) in [5, 5.41) is 2.63. The highest BCUT2D eigenvalue weighted by atomic mass is 35.5. The first-order valence-electron chi connectivity index (χ1n) is 9.35. The van der Waals surface area contributed by atoms with Crippen LogP contribution < -0.4 is 10.2 Å². The van der Waals surface area contributed by atoms with E-state index in [1.165, 1.54) is 42.5 Å². The zero-order valence-electron chi connectivity index (χ0n) is 16.3. The normalized spacial score (nSPS) is 12.5. The summed E-state index contributed by atoms with van der Waals surface area (Å²) in [5.74, 6) is -3.24. The molecule has 0 aliphatic carbocycles. The zero-order chi connectivity index (χ0) is 22.8. The minimum atomic E-state index is -0.862.